The van der Waals surface area contributed by atoms with E-state index in [4.69, 9.17) is 0 Å². The molecule has 2 nitrogen and oxygen atoms in total. The highest BCUT2D eigenvalue weighted by Crippen LogP contribution is 2.09. The van der Waals surface area contributed by atoms with Gasteiger partial charge >= 0.3 is 0 Å². The number of hydrogen-bond acceptors (Lipinski definition) is 1. The van der Waals surface area contributed by atoms with Crippen LogP contribution in [0.2, 0.25) is 0 Å². The van der Waals surface area contributed by atoms with Crippen molar-refractivity contribution in [2.45, 2.75) is 13.5 Å². The highest BCUT2D eigenvalue weighted by molar-refractivity contribution is 14.1. The van der Waals surface area contributed by atoms with E-state index in [0.717, 1.165) is 11.3 Å². The molecule has 1 heterocycles. The molecule has 16 heavy (non-hydrogen) atoms. The Morgan fingerprint density at radius 2 is 1.94 bits per heavy atom. The number of aryl methyl sites for hydroxylation is 1. The van der Waals surface area contributed by atoms with Gasteiger partial charge in [0.1, 0.15) is 0 Å². The average molecular weight is 325 g/mol. The fraction of sp³-hybridized carbons (Fsp3) is 0.154. The summed E-state index contributed by atoms with van der Waals surface area (Å²) in [6.45, 7) is 2.59. The Morgan fingerprint density at radius 1 is 1.19 bits per heavy atom. The lowest BCUT2D eigenvalue weighted by atomic mass is 10.2. The molecule has 0 bridgehead atoms. The molecule has 0 radical (unpaired) electrons. The summed E-state index contributed by atoms with van der Waals surface area (Å²) in [5, 5.41) is 0. The largest absolute Gasteiger partial charge is 0.309 e. The number of aromatic nitrogens is 1. The lowest BCUT2D eigenvalue weighted by Crippen LogP contribution is -2.21. The van der Waals surface area contributed by atoms with Gasteiger partial charge in [-0.3, -0.25) is 4.79 Å². The Hall–Kier alpha value is -1.10. The van der Waals surface area contributed by atoms with Crippen LogP contribution in [0.5, 0.6) is 0 Å². The standard InChI is InChI=1S/C13H12INO/c1-10-4-2-7-13(16)15(10)9-11-5-3-6-12(14)8-11/h2-8H,9H2,1H3. The number of nitrogens with zero attached hydrogens (tertiary/aromatic N) is 1. The predicted octanol–water partition coefficient (Wildman–Crippen LogP) is 2.81. The topological polar surface area (TPSA) is 22.0 Å². The molecule has 0 fully saturated rings. The van der Waals surface area contributed by atoms with Crippen molar-refractivity contribution in [3.8, 4) is 0 Å². The van der Waals surface area contributed by atoms with Gasteiger partial charge in [-0.25, -0.2) is 0 Å². The molecule has 0 saturated carbocycles. The second-order valence-corrected chi connectivity index (χ2v) is 4.97. The van der Waals surface area contributed by atoms with Gasteiger partial charge in [0.2, 0.25) is 0 Å². The summed E-state index contributed by atoms with van der Waals surface area (Å²) in [6.07, 6.45) is 0. The average Bonchev–Trinajstić information content (AvgIpc) is 2.24. The third-order valence-corrected chi connectivity index (χ3v) is 3.17. The first-order valence-corrected chi connectivity index (χ1v) is 6.15. The van der Waals surface area contributed by atoms with Crippen LogP contribution in [0.15, 0.2) is 47.3 Å². The zero-order valence-electron chi connectivity index (χ0n) is 8.98. The quantitative estimate of drug-likeness (QED) is 0.779. The van der Waals surface area contributed by atoms with Crippen molar-refractivity contribution in [1.82, 2.24) is 4.57 Å². The van der Waals surface area contributed by atoms with E-state index in [0.29, 0.717) is 6.54 Å². The molecule has 0 atom stereocenters. The number of hydrogen-bond donors (Lipinski definition) is 0. The van der Waals surface area contributed by atoms with E-state index in [-0.39, 0.29) is 5.56 Å². The molecule has 0 amide bonds. The third kappa shape index (κ3) is 2.52. The van der Waals surface area contributed by atoms with E-state index in [9.17, 15) is 4.79 Å². The monoisotopic (exact) mass is 325 g/mol. The summed E-state index contributed by atoms with van der Waals surface area (Å²) < 4.78 is 2.97. The second kappa shape index (κ2) is 4.82. The summed E-state index contributed by atoms with van der Waals surface area (Å²) in [4.78, 5) is 11.7. The van der Waals surface area contributed by atoms with Crippen LogP contribution in [0.4, 0.5) is 0 Å². The van der Waals surface area contributed by atoms with Crippen molar-refractivity contribution >= 4 is 22.6 Å². The van der Waals surface area contributed by atoms with Gasteiger partial charge in [0.15, 0.2) is 0 Å². The van der Waals surface area contributed by atoms with Crippen LogP contribution < -0.4 is 5.56 Å². The normalized spacial score (nSPS) is 10.4. The maximum atomic E-state index is 11.7. The molecule has 0 aliphatic rings. The van der Waals surface area contributed by atoms with E-state index >= 15 is 0 Å². The van der Waals surface area contributed by atoms with Gasteiger partial charge in [-0.15, -0.1) is 0 Å². The van der Waals surface area contributed by atoms with E-state index in [1.54, 1.807) is 16.7 Å². The minimum atomic E-state index is 0.0545. The second-order valence-electron chi connectivity index (χ2n) is 3.72. The van der Waals surface area contributed by atoms with Gasteiger partial charge < -0.3 is 4.57 Å². The molecule has 0 aliphatic carbocycles. The van der Waals surface area contributed by atoms with Gasteiger partial charge in [-0.1, -0.05) is 18.2 Å². The Balaban J connectivity index is 2.38. The minimum absolute atomic E-state index is 0.0545. The maximum absolute atomic E-state index is 11.7. The lowest BCUT2D eigenvalue weighted by molar-refractivity contribution is 0.729. The summed E-state index contributed by atoms with van der Waals surface area (Å²) >= 11 is 2.28. The number of benzene rings is 1. The smallest absolute Gasteiger partial charge is 0.251 e. The SMILES string of the molecule is Cc1cccc(=O)n1Cc1cccc(I)c1. The van der Waals surface area contributed by atoms with Crippen LogP contribution in [0.1, 0.15) is 11.3 Å². The van der Waals surface area contributed by atoms with Crippen molar-refractivity contribution in [2.75, 3.05) is 0 Å². The zero-order chi connectivity index (χ0) is 11.5. The maximum Gasteiger partial charge on any atom is 0.251 e. The molecule has 82 valence electrons. The molecular weight excluding hydrogens is 313 g/mol. The third-order valence-electron chi connectivity index (χ3n) is 2.50. The molecule has 3 heteroatoms. The predicted molar refractivity (Wildman–Crippen MR) is 73.7 cm³/mol. The van der Waals surface area contributed by atoms with Crippen molar-refractivity contribution in [1.29, 1.82) is 0 Å². The van der Waals surface area contributed by atoms with E-state index < -0.39 is 0 Å². The molecule has 0 N–H and O–H groups in total. The van der Waals surface area contributed by atoms with Gasteiger partial charge in [0, 0.05) is 15.3 Å². The molecule has 1 aromatic carbocycles. The molecule has 2 aromatic rings. The molecular formula is C13H12INO. The molecule has 1 aromatic heterocycles. The fourth-order valence-corrected chi connectivity index (χ4v) is 2.25. The van der Waals surface area contributed by atoms with Crippen LogP contribution in [0.25, 0.3) is 0 Å². The summed E-state index contributed by atoms with van der Waals surface area (Å²) in [7, 11) is 0. The number of rotatable bonds is 2. The minimum Gasteiger partial charge on any atom is -0.309 e. The highest BCUT2D eigenvalue weighted by atomic mass is 127. The van der Waals surface area contributed by atoms with Crippen LogP contribution in [-0.4, -0.2) is 4.57 Å². The van der Waals surface area contributed by atoms with Crippen LogP contribution >= 0.6 is 22.6 Å². The van der Waals surface area contributed by atoms with Gasteiger partial charge in [0.25, 0.3) is 5.56 Å². The summed E-state index contributed by atoms with van der Waals surface area (Å²) in [5.74, 6) is 0. The van der Waals surface area contributed by atoms with Crippen molar-refractivity contribution in [2.24, 2.45) is 0 Å². The van der Waals surface area contributed by atoms with E-state index in [1.165, 1.54) is 3.57 Å². The first kappa shape index (κ1) is 11.4. The van der Waals surface area contributed by atoms with Crippen molar-refractivity contribution in [3.63, 3.8) is 0 Å². The zero-order valence-corrected chi connectivity index (χ0v) is 11.1. The van der Waals surface area contributed by atoms with Crippen molar-refractivity contribution < 1.29 is 0 Å². The first-order chi connectivity index (χ1) is 7.66. The fourth-order valence-electron chi connectivity index (χ4n) is 1.64. The molecule has 2 rings (SSSR count). The van der Waals surface area contributed by atoms with Crippen LogP contribution in [0.3, 0.4) is 0 Å². The van der Waals surface area contributed by atoms with Crippen LogP contribution in [0, 0.1) is 10.5 Å². The van der Waals surface area contributed by atoms with E-state index in [2.05, 4.69) is 28.7 Å². The van der Waals surface area contributed by atoms with Gasteiger partial charge in [-0.2, -0.15) is 0 Å². The van der Waals surface area contributed by atoms with Crippen LogP contribution in [-0.2, 0) is 6.54 Å². The highest BCUT2D eigenvalue weighted by Gasteiger charge is 2.00. The number of pyridine rings is 1. The van der Waals surface area contributed by atoms with Gasteiger partial charge in [-0.05, 0) is 53.3 Å². The molecule has 0 aliphatic heterocycles. The summed E-state index contributed by atoms with van der Waals surface area (Å²) in [6, 6.07) is 13.5. The Bertz CT molecular complexity index is 560. The Labute approximate surface area is 108 Å². The van der Waals surface area contributed by atoms with Gasteiger partial charge in [0.05, 0.1) is 6.54 Å². The molecule has 0 unspecified atom stereocenters. The molecule has 0 saturated heterocycles. The lowest BCUT2D eigenvalue weighted by Gasteiger charge is -2.09. The Morgan fingerprint density at radius 3 is 2.62 bits per heavy atom. The summed E-state index contributed by atoms with van der Waals surface area (Å²) in [5.41, 5.74) is 2.20. The van der Waals surface area contributed by atoms with E-state index in [1.807, 2.05) is 31.2 Å². The number of halogens is 1. The first-order valence-electron chi connectivity index (χ1n) is 5.08. The Kier molecular flexibility index (Phi) is 3.43. The van der Waals surface area contributed by atoms with Crippen molar-refractivity contribution in [3.05, 3.63) is 67.6 Å². The molecule has 0 spiro atoms.